The van der Waals surface area contributed by atoms with E-state index < -0.39 is 0 Å². The van der Waals surface area contributed by atoms with E-state index in [0.717, 1.165) is 41.5 Å². The number of rotatable bonds is 7. The number of benzene rings is 1. The van der Waals surface area contributed by atoms with Gasteiger partial charge in [0, 0.05) is 24.6 Å². The van der Waals surface area contributed by atoms with Gasteiger partial charge in [-0.2, -0.15) is 0 Å². The van der Waals surface area contributed by atoms with E-state index in [0.29, 0.717) is 19.8 Å². The summed E-state index contributed by atoms with van der Waals surface area (Å²) in [6.07, 6.45) is 0.774. The molecule has 7 nitrogen and oxygen atoms in total. The molecule has 2 aliphatic heterocycles. The lowest BCUT2D eigenvalue weighted by Gasteiger charge is -2.42. The van der Waals surface area contributed by atoms with E-state index in [1.807, 2.05) is 32.3 Å². The topological polar surface area (TPSA) is 69.0 Å². The zero-order valence-corrected chi connectivity index (χ0v) is 14.6. The van der Waals surface area contributed by atoms with Gasteiger partial charge in [0.2, 0.25) is 6.79 Å². The van der Waals surface area contributed by atoms with Gasteiger partial charge in [-0.05, 0) is 20.2 Å². The van der Waals surface area contributed by atoms with Crippen LogP contribution in [0.15, 0.2) is 28.8 Å². The first-order valence-corrected chi connectivity index (χ1v) is 8.43. The first kappa shape index (κ1) is 16.4. The molecule has 1 N–H and O–H groups in total. The second kappa shape index (κ2) is 6.67. The third-order valence-corrected chi connectivity index (χ3v) is 4.49. The van der Waals surface area contributed by atoms with Crippen LogP contribution >= 0.6 is 0 Å². The molecular formula is C18H23N3O4. The summed E-state index contributed by atoms with van der Waals surface area (Å²) < 4.78 is 21.9. The van der Waals surface area contributed by atoms with Crippen molar-refractivity contribution in [3.63, 3.8) is 0 Å². The zero-order chi connectivity index (χ0) is 17.3. The summed E-state index contributed by atoms with van der Waals surface area (Å²) in [5, 5.41) is 7.83. The number of nitrogens with zero attached hydrogens (tertiary/aromatic N) is 2. The van der Waals surface area contributed by atoms with Gasteiger partial charge in [-0.1, -0.05) is 17.3 Å². The lowest BCUT2D eigenvalue weighted by Crippen LogP contribution is -2.61. The van der Waals surface area contributed by atoms with Crippen LogP contribution < -0.4 is 14.8 Å². The molecule has 1 aromatic heterocycles. The number of nitrogens with one attached hydrogen (secondary N) is 1. The lowest BCUT2D eigenvalue weighted by molar-refractivity contribution is -0.0756. The van der Waals surface area contributed by atoms with Crippen LogP contribution in [0.4, 0.5) is 0 Å². The summed E-state index contributed by atoms with van der Waals surface area (Å²) in [7, 11) is 4.02. The van der Waals surface area contributed by atoms with E-state index in [1.165, 1.54) is 0 Å². The van der Waals surface area contributed by atoms with Crippen LogP contribution in [0.2, 0.25) is 0 Å². The third-order valence-electron chi connectivity index (χ3n) is 4.49. The van der Waals surface area contributed by atoms with Crippen LogP contribution in [0.25, 0.3) is 0 Å². The van der Waals surface area contributed by atoms with Crippen molar-refractivity contribution < 1.29 is 18.7 Å². The summed E-state index contributed by atoms with van der Waals surface area (Å²) >= 11 is 0. The van der Waals surface area contributed by atoms with Crippen LogP contribution in [-0.2, 0) is 24.2 Å². The van der Waals surface area contributed by atoms with Crippen molar-refractivity contribution in [3.8, 4) is 11.5 Å². The van der Waals surface area contributed by atoms with Crippen LogP contribution in [0, 0.1) is 0 Å². The Morgan fingerprint density at radius 2 is 2.12 bits per heavy atom. The minimum Gasteiger partial charge on any atom is -0.454 e. The Morgan fingerprint density at radius 1 is 1.24 bits per heavy atom. The first-order valence-electron chi connectivity index (χ1n) is 8.43. The predicted molar refractivity (Wildman–Crippen MR) is 90.6 cm³/mol. The molecule has 0 atom stereocenters. The second-order valence-electron chi connectivity index (χ2n) is 6.98. The molecule has 0 bridgehead atoms. The first-order chi connectivity index (χ1) is 12.1. The van der Waals surface area contributed by atoms with Gasteiger partial charge in [-0.15, -0.1) is 0 Å². The highest BCUT2D eigenvalue weighted by molar-refractivity contribution is 5.48. The number of aromatic nitrogens is 1. The van der Waals surface area contributed by atoms with Crippen LogP contribution in [-0.4, -0.2) is 49.7 Å². The van der Waals surface area contributed by atoms with Gasteiger partial charge < -0.3 is 29.0 Å². The van der Waals surface area contributed by atoms with Gasteiger partial charge in [-0.3, -0.25) is 0 Å². The predicted octanol–water partition coefficient (Wildman–Crippen LogP) is 1.57. The summed E-state index contributed by atoms with van der Waals surface area (Å²) in [4.78, 5) is 2.06. The summed E-state index contributed by atoms with van der Waals surface area (Å²) in [6.45, 7) is 3.05. The van der Waals surface area contributed by atoms with Gasteiger partial charge in [0.15, 0.2) is 17.3 Å². The molecular weight excluding hydrogens is 322 g/mol. The Morgan fingerprint density at radius 3 is 2.88 bits per heavy atom. The number of ether oxygens (including phenoxy) is 3. The average Bonchev–Trinajstić information content (AvgIpc) is 3.18. The number of para-hydroxylation sites is 1. The van der Waals surface area contributed by atoms with Crippen molar-refractivity contribution in [2.24, 2.45) is 0 Å². The largest absolute Gasteiger partial charge is 0.454 e. The van der Waals surface area contributed by atoms with E-state index >= 15 is 0 Å². The minimum atomic E-state index is -0.117. The molecule has 0 radical (unpaired) electrons. The summed E-state index contributed by atoms with van der Waals surface area (Å²) in [5.74, 6) is 2.52. The molecule has 2 aromatic rings. The van der Waals surface area contributed by atoms with E-state index in [9.17, 15) is 0 Å². The van der Waals surface area contributed by atoms with Crippen molar-refractivity contribution in [2.75, 3.05) is 34.1 Å². The molecule has 1 fully saturated rings. The second-order valence-corrected chi connectivity index (χ2v) is 6.98. The molecule has 134 valence electrons. The van der Waals surface area contributed by atoms with E-state index in [1.54, 1.807) is 0 Å². The van der Waals surface area contributed by atoms with Gasteiger partial charge in [0.05, 0.1) is 31.0 Å². The molecule has 7 heteroatoms. The molecule has 25 heavy (non-hydrogen) atoms. The quantitative estimate of drug-likeness (QED) is 0.817. The SMILES string of the molecule is CN(C)Cc1cc(CC2(NCc3cccc4c3OCO4)COC2)no1. The molecule has 2 aliphatic rings. The Hall–Kier alpha value is -2.09. The zero-order valence-electron chi connectivity index (χ0n) is 14.6. The minimum absolute atomic E-state index is 0.117. The maximum absolute atomic E-state index is 5.58. The van der Waals surface area contributed by atoms with Crippen molar-refractivity contribution in [3.05, 3.63) is 41.3 Å². The molecule has 0 saturated carbocycles. The Bertz CT molecular complexity index is 740. The number of hydrogen-bond acceptors (Lipinski definition) is 7. The maximum atomic E-state index is 5.58. The summed E-state index contributed by atoms with van der Waals surface area (Å²) in [6, 6.07) is 7.99. The Balaban J connectivity index is 1.42. The molecule has 0 spiro atoms. The highest BCUT2D eigenvalue weighted by Crippen LogP contribution is 2.35. The Labute approximate surface area is 146 Å². The average molecular weight is 345 g/mol. The highest BCUT2D eigenvalue weighted by atomic mass is 16.7. The molecule has 3 heterocycles. The maximum Gasteiger partial charge on any atom is 0.231 e. The highest BCUT2D eigenvalue weighted by Gasteiger charge is 2.39. The van der Waals surface area contributed by atoms with Gasteiger partial charge in [0.25, 0.3) is 0 Å². The fourth-order valence-corrected chi connectivity index (χ4v) is 3.20. The van der Waals surface area contributed by atoms with Gasteiger partial charge >= 0.3 is 0 Å². The number of fused-ring (bicyclic) bond motifs is 1. The van der Waals surface area contributed by atoms with E-state index in [2.05, 4.69) is 21.4 Å². The molecule has 0 amide bonds. The smallest absolute Gasteiger partial charge is 0.231 e. The molecule has 4 rings (SSSR count). The van der Waals surface area contributed by atoms with Gasteiger partial charge in [0.1, 0.15) is 0 Å². The van der Waals surface area contributed by atoms with E-state index in [-0.39, 0.29) is 12.3 Å². The lowest BCUT2D eigenvalue weighted by atomic mass is 9.90. The summed E-state index contributed by atoms with van der Waals surface area (Å²) in [5.41, 5.74) is 1.93. The molecule has 1 aromatic carbocycles. The third kappa shape index (κ3) is 3.49. The van der Waals surface area contributed by atoms with Crippen molar-refractivity contribution in [1.82, 2.24) is 15.4 Å². The van der Waals surface area contributed by atoms with Crippen molar-refractivity contribution in [1.29, 1.82) is 0 Å². The molecule has 1 saturated heterocycles. The monoisotopic (exact) mass is 345 g/mol. The fraction of sp³-hybridized carbons (Fsp3) is 0.500. The van der Waals surface area contributed by atoms with Crippen LogP contribution in [0.5, 0.6) is 11.5 Å². The number of hydrogen-bond donors (Lipinski definition) is 1. The van der Waals surface area contributed by atoms with Crippen molar-refractivity contribution >= 4 is 0 Å². The van der Waals surface area contributed by atoms with Gasteiger partial charge in [-0.25, -0.2) is 0 Å². The Kier molecular flexibility index (Phi) is 4.37. The standard InChI is InChI=1S/C18H23N3O4/c1-21(2)9-15-6-14(20-25-15)7-18(10-22-11-18)19-8-13-4-3-5-16-17(13)24-12-23-16/h3-6,19H,7-12H2,1-2H3. The van der Waals surface area contributed by atoms with Crippen LogP contribution in [0.1, 0.15) is 17.0 Å². The molecule has 0 aliphatic carbocycles. The van der Waals surface area contributed by atoms with Crippen molar-refractivity contribution in [2.45, 2.75) is 25.0 Å². The van der Waals surface area contributed by atoms with E-state index in [4.69, 9.17) is 18.7 Å². The normalized spacial score (nSPS) is 17.7. The molecule has 0 unspecified atom stereocenters. The van der Waals surface area contributed by atoms with Crippen LogP contribution in [0.3, 0.4) is 0 Å². The fourth-order valence-electron chi connectivity index (χ4n) is 3.20.